The molecule has 0 aromatic heterocycles. The molecule has 5 N–H and O–H groups in total. The number of guanidine groups is 1. The minimum absolute atomic E-state index is 0.124. The van der Waals surface area contributed by atoms with Crippen LogP contribution in [0.4, 0.5) is 11.4 Å². The van der Waals surface area contributed by atoms with Crippen molar-refractivity contribution in [2.24, 2.45) is 16.5 Å². The Hall–Kier alpha value is -4.14. The fourth-order valence-electron chi connectivity index (χ4n) is 2.36. The van der Waals surface area contributed by atoms with Crippen LogP contribution in [0, 0.1) is 0 Å². The van der Waals surface area contributed by atoms with Gasteiger partial charge < -0.3 is 26.3 Å². The molecule has 9 heteroatoms. The number of rotatable bonds is 6. The van der Waals surface area contributed by atoms with Crippen LogP contribution in [0.5, 0.6) is 0 Å². The number of ether oxygens (including phenoxy) is 2. The van der Waals surface area contributed by atoms with Crippen LogP contribution < -0.4 is 16.8 Å². The molecule has 0 bridgehead atoms. The molecule has 0 fully saturated rings. The molecule has 0 saturated carbocycles. The van der Waals surface area contributed by atoms with Gasteiger partial charge in [-0.15, -0.1) is 0 Å². The molecule has 0 saturated heterocycles. The Bertz CT molecular complexity index is 994. The number of benzene rings is 2. The average Bonchev–Trinajstić information content (AvgIpc) is 2.71. The van der Waals surface area contributed by atoms with Crippen LogP contribution in [0.2, 0.25) is 0 Å². The van der Waals surface area contributed by atoms with Crippen molar-refractivity contribution in [3.05, 3.63) is 65.2 Å². The summed E-state index contributed by atoms with van der Waals surface area (Å²) in [6.45, 7) is 0. The quantitative estimate of drug-likeness (QED) is 0.292. The molecule has 150 valence electrons. The van der Waals surface area contributed by atoms with Crippen LogP contribution >= 0.6 is 0 Å². The highest BCUT2D eigenvalue weighted by atomic mass is 16.5. The smallest absolute Gasteiger partial charge is 0.338 e. The van der Waals surface area contributed by atoms with Crippen LogP contribution in [0.3, 0.4) is 0 Å². The average molecular weight is 396 g/mol. The van der Waals surface area contributed by atoms with Crippen molar-refractivity contribution >= 4 is 41.3 Å². The second-order valence-corrected chi connectivity index (χ2v) is 5.69. The lowest BCUT2D eigenvalue weighted by Gasteiger charge is -2.10. The van der Waals surface area contributed by atoms with Crippen molar-refractivity contribution in [2.45, 2.75) is 0 Å². The summed E-state index contributed by atoms with van der Waals surface area (Å²) in [5.74, 6) is -1.74. The predicted octanol–water partition coefficient (Wildman–Crippen LogP) is 1.82. The second-order valence-electron chi connectivity index (χ2n) is 5.69. The van der Waals surface area contributed by atoms with Gasteiger partial charge in [-0.3, -0.25) is 4.79 Å². The van der Waals surface area contributed by atoms with Crippen LogP contribution in [-0.2, 0) is 14.3 Å². The molecule has 9 nitrogen and oxygen atoms in total. The van der Waals surface area contributed by atoms with E-state index in [1.54, 1.807) is 30.3 Å². The number of aliphatic imine (C=N–C) groups is 1. The summed E-state index contributed by atoms with van der Waals surface area (Å²) in [4.78, 5) is 39.8. The zero-order chi connectivity index (χ0) is 21.4. The third kappa shape index (κ3) is 5.93. The van der Waals surface area contributed by atoms with E-state index in [-0.39, 0.29) is 11.5 Å². The Kier molecular flexibility index (Phi) is 7.08. The molecule has 2 aromatic rings. The Morgan fingerprint density at radius 3 is 2.45 bits per heavy atom. The first kappa shape index (κ1) is 21.2. The lowest BCUT2D eigenvalue weighted by molar-refractivity contribution is -0.134. The molecule has 29 heavy (non-hydrogen) atoms. The zero-order valence-electron chi connectivity index (χ0n) is 15.8. The van der Waals surface area contributed by atoms with Gasteiger partial charge in [-0.25, -0.2) is 14.6 Å². The molecule has 2 aromatic carbocycles. The van der Waals surface area contributed by atoms with Crippen molar-refractivity contribution in [3.63, 3.8) is 0 Å². The zero-order valence-corrected chi connectivity index (χ0v) is 15.8. The van der Waals surface area contributed by atoms with Crippen LogP contribution in [0.15, 0.2) is 53.5 Å². The van der Waals surface area contributed by atoms with E-state index in [1.165, 1.54) is 38.5 Å². The van der Waals surface area contributed by atoms with Gasteiger partial charge in [-0.1, -0.05) is 12.1 Å². The number of methoxy groups -OCH3 is 2. The first-order valence-electron chi connectivity index (χ1n) is 8.33. The van der Waals surface area contributed by atoms with E-state index in [0.29, 0.717) is 22.5 Å². The Morgan fingerprint density at radius 1 is 1.03 bits per heavy atom. The van der Waals surface area contributed by atoms with Crippen molar-refractivity contribution in [1.82, 2.24) is 0 Å². The van der Waals surface area contributed by atoms with E-state index in [4.69, 9.17) is 16.2 Å². The SMILES string of the molecule is COC(=O)C=Cc1ccc(NC(=O)c2cccc(N=C(N)N)c2)cc1C(=O)OC. The van der Waals surface area contributed by atoms with Gasteiger partial charge in [0.1, 0.15) is 0 Å². The normalized spacial score (nSPS) is 10.3. The topological polar surface area (TPSA) is 146 Å². The van der Waals surface area contributed by atoms with Gasteiger partial charge >= 0.3 is 11.9 Å². The lowest BCUT2D eigenvalue weighted by Crippen LogP contribution is -2.22. The molecule has 1 amide bonds. The third-order valence-corrected chi connectivity index (χ3v) is 3.68. The summed E-state index contributed by atoms with van der Waals surface area (Å²) >= 11 is 0. The van der Waals surface area contributed by atoms with Gasteiger partial charge in [0, 0.05) is 17.3 Å². The summed E-state index contributed by atoms with van der Waals surface area (Å²) in [7, 11) is 2.48. The standard InChI is InChI=1S/C20H20N4O5/c1-28-17(25)9-7-12-6-8-15(11-16(12)19(27)29-2)23-18(26)13-4-3-5-14(10-13)24-20(21)22/h3-11H,1-2H3,(H,23,26)(H4,21,22,24). The first-order chi connectivity index (χ1) is 13.8. The molecule has 0 atom stereocenters. The molecule has 0 heterocycles. The Balaban J connectivity index is 2.30. The highest BCUT2D eigenvalue weighted by molar-refractivity contribution is 6.06. The molecule has 0 aliphatic carbocycles. The largest absolute Gasteiger partial charge is 0.466 e. The van der Waals surface area contributed by atoms with Gasteiger partial charge in [0.25, 0.3) is 5.91 Å². The predicted molar refractivity (Wildman–Crippen MR) is 109 cm³/mol. The monoisotopic (exact) mass is 396 g/mol. The molecule has 0 unspecified atom stereocenters. The lowest BCUT2D eigenvalue weighted by atomic mass is 10.1. The van der Waals surface area contributed by atoms with Crippen molar-refractivity contribution in [1.29, 1.82) is 0 Å². The van der Waals surface area contributed by atoms with Crippen molar-refractivity contribution in [3.8, 4) is 0 Å². The van der Waals surface area contributed by atoms with Gasteiger partial charge in [0.2, 0.25) is 0 Å². The number of nitrogens with one attached hydrogen (secondary N) is 1. The third-order valence-electron chi connectivity index (χ3n) is 3.68. The highest BCUT2D eigenvalue weighted by Crippen LogP contribution is 2.20. The molecule has 0 aliphatic rings. The molecule has 0 spiro atoms. The van der Waals surface area contributed by atoms with Crippen LogP contribution in [0.1, 0.15) is 26.3 Å². The summed E-state index contributed by atoms with van der Waals surface area (Å²) in [5.41, 5.74) is 12.4. The maximum absolute atomic E-state index is 12.5. The molecule has 0 radical (unpaired) electrons. The number of carbonyl (C=O) groups is 3. The Morgan fingerprint density at radius 2 is 1.79 bits per heavy atom. The number of esters is 2. The summed E-state index contributed by atoms with van der Waals surface area (Å²) in [6.07, 6.45) is 2.59. The van der Waals surface area contributed by atoms with Crippen molar-refractivity contribution in [2.75, 3.05) is 19.5 Å². The number of carbonyl (C=O) groups excluding carboxylic acids is 3. The van der Waals surface area contributed by atoms with Gasteiger partial charge in [0.15, 0.2) is 5.96 Å². The van der Waals surface area contributed by atoms with Crippen LogP contribution in [0.25, 0.3) is 6.08 Å². The number of nitrogens with zero attached hydrogens (tertiary/aromatic N) is 1. The van der Waals surface area contributed by atoms with Gasteiger partial charge in [0.05, 0.1) is 25.5 Å². The number of nitrogens with two attached hydrogens (primary N) is 2. The van der Waals surface area contributed by atoms with E-state index in [9.17, 15) is 14.4 Å². The fraction of sp³-hybridized carbons (Fsp3) is 0.100. The maximum atomic E-state index is 12.5. The first-order valence-corrected chi connectivity index (χ1v) is 8.33. The van der Waals surface area contributed by atoms with Gasteiger partial charge in [-0.2, -0.15) is 0 Å². The van der Waals surface area contributed by atoms with E-state index in [0.717, 1.165) is 0 Å². The molecule has 0 aliphatic heterocycles. The number of hydrogen-bond acceptors (Lipinski definition) is 6. The summed E-state index contributed by atoms with van der Waals surface area (Å²) in [5, 5.41) is 2.69. The van der Waals surface area contributed by atoms with Crippen molar-refractivity contribution < 1.29 is 23.9 Å². The van der Waals surface area contributed by atoms with E-state index in [2.05, 4.69) is 15.0 Å². The van der Waals surface area contributed by atoms with E-state index < -0.39 is 17.8 Å². The fourth-order valence-corrected chi connectivity index (χ4v) is 2.36. The van der Waals surface area contributed by atoms with E-state index >= 15 is 0 Å². The maximum Gasteiger partial charge on any atom is 0.338 e. The van der Waals surface area contributed by atoms with Gasteiger partial charge in [-0.05, 0) is 42.0 Å². The molecule has 2 rings (SSSR count). The van der Waals surface area contributed by atoms with E-state index in [1.807, 2.05) is 0 Å². The molecular weight excluding hydrogens is 376 g/mol. The highest BCUT2D eigenvalue weighted by Gasteiger charge is 2.14. The van der Waals surface area contributed by atoms with Crippen LogP contribution in [-0.4, -0.2) is 38.0 Å². The molecular formula is C20H20N4O5. The second kappa shape index (κ2) is 9.70. The summed E-state index contributed by atoms with van der Waals surface area (Å²) in [6, 6.07) is 11.0. The minimum atomic E-state index is -0.625. The number of hydrogen-bond donors (Lipinski definition) is 3. The number of anilines is 1. The minimum Gasteiger partial charge on any atom is -0.466 e. The number of amides is 1. The Labute approximate surface area is 167 Å². The summed E-state index contributed by atoms with van der Waals surface area (Å²) < 4.78 is 9.30.